The van der Waals surface area contributed by atoms with Crippen LogP contribution in [-0.4, -0.2) is 71.0 Å². The molecule has 0 radical (unpaired) electrons. The Balaban J connectivity index is 1.59. The molecule has 10 nitrogen and oxygen atoms in total. The molecule has 0 saturated carbocycles. The summed E-state index contributed by atoms with van der Waals surface area (Å²) in [5.41, 5.74) is 3.39. The zero-order valence-corrected chi connectivity index (χ0v) is 26.1. The summed E-state index contributed by atoms with van der Waals surface area (Å²) in [5.74, 6) is -0.170. The minimum Gasteiger partial charge on any atom is -0.494 e. The number of aliphatic imine (C=N–C) groups is 1. The van der Waals surface area contributed by atoms with Crippen molar-refractivity contribution in [2.24, 2.45) is 4.99 Å². The molecule has 0 aliphatic carbocycles. The molecule has 0 aliphatic rings. The van der Waals surface area contributed by atoms with Gasteiger partial charge in [-0.1, -0.05) is 48.5 Å². The number of rotatable bonds is 11. The predicted molar refractivity (Wildman–Crippen MR) is 176 cm³/mol. The number of para-hydroxylation sites is 1. The van der Waals surface area contributed by atoms with E-state index in [9.17, 15) is 21.9 Å². The molecule has 1 heterocycles. The van der Waals surface area contributed by atoms with Gasteiger partial charge in [0, 0.05) is 35.2 Å². The van der Waals surface area contributed by atoms with E-state index in [1.165, 1.54) is 22.7 Å². The first-order chi connectivity index (χ1) is 20.9. The molecule has 44 heavy (non-hydrogen) atoms. The summed E-state index contributed by atoms with van der Waals surface area (Å²) < 4.78 is 55.5. The standard InChI is InChI=1S/C32H33N5O5S2/c1-36(2)20-21-37(43(3,39)40)26-16-14-24(15-17-26)33-31(23-10-6-4-7-11-23)30-28-22-27(18-19-29(28)34-32(30)38)44(41,42)35-25-12-8-5-9-13-25/h4-19,22,34-35,38H,20-21H2,1-3H3. The van der Waals surface area contributed by atoms with E-state index in [1.54, 1.807) is 60.7 Å². The zero-order valence-electron chi connectivity index (χ0n) is 24.5. The highest BCUT2D eigenvalue weighted by molar-refractivity contribution is 7.92. The highest BCUT2D eigenvalue weighted by Gasteiger charge is 2.23. The molecule has 0 spiro atoms. The normalized spacial score (nSPS) is 12.5. The van der Waals surface area contributed by atoms with Gasteiger partial charge in [0.15, 0.2) is 5.88 Å². The van der Waals surface area contributed by atoms with E-state index < -0.39 is 20.0 Å². The molecule has 5 aromatic rings. The van der Waals surface area contributed by atoms with Gasteiger partial charge in [-0.2, -0.15) is 0 Å². The second kappa shape index (κ2) is 12.5. The van der Waals surface area contributed by atoms with Gasteiger partial charge in [0.1, 0.15) is 0 Å². The molecule has 3 N–H and O–H groups in total. The summed E-state index contributed by atoms with van der Waals surface area (Å²) in [4.78, 5) is 9.74. The Morgan fingerprint density at radius 1 is 0.841 bits per heavy atom. The summed E-state index contributed by atoms with van der Waals surface area (Å²) >= 11 is 0. The Bertz CT molecular complexity index is 2010. The van der Waals surface area contributed by atoms with Crippen LogP contribution in [0, 0.1) is 0 Å². The van der Waals surface area contributed by atoms with Crippen LogP contribution in [0.1, 0.15) is 11.1 Å². The third-order valence-electron chi connectivity index (χ3n) is 6.90. The third-order valence-corrected chi connectivity index (χ3v) is 9.47. The van der Waals surface area contributed by atoms with Gasteiger partial charge in [-0.15, -0.1) is 0 Å². The number of fused-ring (bicyclic) bond motifs is 1. The topological polar surface area (TPSA) is 135 Å². The van der Waals surface area contributed by atoms with E-state index >= 15 is 0 Å². The van der Waals surface area contributed by atoms with Crippen molar-refractivity contribution in [2.45, 2.75) is 4.90 Å². The maximum Gasteiger partial charge on any atom is 0.261 e. The zero-order chi connectivity index (χ0) is 31.5. The molecule has 0 bridgehead atoms. The lowest BCUT2D eigenvalue weighted by Gasteiger charge is -2.24. The molecular weight excluding hydrogens is 599 g/mol. The van der Waals surface area contributed by atoms with Crippen molar-refractivity contribution in [3.05, 3.63) is 114 Å². The molecule has 228 valence electrons. The number of hydrogen-bond acceptors (Lipinski definition) is 7. The van der Waals surface area contributed by atoms with Gasteiger partial charge in [-0.25, -0.2) is 21.8 Å². The lowest BCUT2D eigenvalue weighted by molar-refractivity contribution is 0.419. The van der Waals surface area contributed by atoms with Crippen molar-refractivity contribution in [3.63, 3.8) is 0 Å². The van der Waals surface area contributed by atoms with Crippen LogP contribution in [-0.2, 0) is 20.0 Å². The number of benzene rings is 4. The highest BCUT2D eigenvalue weighted by atomic mass is 32.2. The van der Waals surface area contributed by atoms with Crippen molar-refractivity contribution in [1.29, 1.82) is 0 Å². The largest absolute Gasteiger partial charge is 0.494 e. The molecule has 0 fully saturated rings. The number of aromatic nitrogens is 1. The fraction of sp³-hybridized carbons (Fsp3) is 0.156. The van der Waals surface area contributed by atoms with Crippen LogP contribution in [0.3, 0.4) is 0 Å². The molecule has 0 saturated heterocycles. The molecule has 1 aromatic heterocycles. The smallest absolute Gasteiger partial charge is 0.261 e. The van der Waals surface area contributed by atoms with Crippen LogP contribution >= 0.6 is 0 Å². The first-order valence-electron chi connectivity index (χ1n) is 13.7. The Morgan fingerprint density at radius 2 is 1.48 bits per heavy atom. The highest BCUT2D eigenvalue weighted by Crippen LogP contribution is 2.34. The van der Waals surface area contributed by atoms with Crippen molar-refractivity contribution in [3.8, 4) is 5.88 Å². The number of nitrogens with zero attached hydrogens (tertiary/aromatic N) is 3. The summed E-state index contributed by atoms with van der Waals surface area (Å²) in [7, 11) is -3.70. The molecule has 0 atom stereocenters. The summed E-state index contributed by atoms with van der Waals surface area (Å²) in [5, 5.41) is 11.6. The van der Waals surface area contributed by atoms with E-state index in [-0.39, 0.29) is 17.3 Å². The van der Waals surface area contributed by atoms with E-state index in [0.717, 1.165) is 0 Å². The Morgan fingerprint density at radius 3 is 2.09 bits per heavy atom. The van der Waals surface area contributed by atoms with E-state index in [4.69, 9.17) is 4.99 Å². The summed E-state index contributed by atoms with van der Waals surface area (Å²) in [6.45, 7) is 0.834. The fourth-order valence-electron chi connectivity index (χ4n) is 4.74. The number of nitrogens with one attached hydrogen (secondary N) is 2. The van der Waals surface area contributed by atoms with Gasteiger partial charge < -0.3 is 15.0 Å². The van der Waals surface area contributed by atoms with Crippen LogP contribution in [0.5, 0.6) is 5.88 Å². The van der Waals surface area contributed by atoms with Crippen LogP contribution < -0.4 is 9.03 Å². The van der Waals surface area contributed by atoms with Crippen LogP contribution in [0.15, 0.2) is 113 Å². The second-order valence-corrected chi connectivity index (χ2v) is 14.1. The molecule has 0 aliphatic heterocycles. The molecule has 4 aromatic carbocycles. The summed E-state index contributed by atoms with van der Waals surface area (Å²) in [6, 6.07) is 29.2. The van der Waals surface area contributed by atoms with E-state index in [1.807, 2.05) is 49.3 Å². The average molecular weight is 632 g/mol. The number of likely N-dealkylation sites (N-methyl/N-ethyl adjacent to an activating group) is 1. The van der Waals surface area contributed by atoms with Crippen LogP contribution in [0.4, 0.5) is 17.1 Å². The minimum atomic E-state index is -3.94. The number of aromatic amines is 1. The Hall–Kier alpha value is -4.65. The predicted octanol–water partition coefficient (Wildman–Crippen LogP) is 5.17. The monoisotopic (exact) mass is 631 g/mol. The lowest BCUT2D eigenvalue weighted by atomic mass is 10.0. The average Bonchev–Trinajstić information content (AvgIpc) is 3.31. The first-order valence-corrected chi connectivity index (χ1v) is 17.0. The van der Waals surface area contributed by atoms with E-state index in [2.05, 4.69) is 9.71 Å². The van der Waals surface area contributed by atoms with Crippen molar-refractivity contribution in [2.75, 3.05) is 42.5 Å². The number of H-pyrrole nitrogens is 1. The first kappa shape index (κ1) is 30.8. The second-order valence-electron chi connectivity index (χ2n) is 10.5. The Labute approximate surface area is 257 Å². The van der Waals surface area contributed by atoms with Gasteiger partial charge in [0.2, 0.25) is 10.0 Å². The summed E-state index contributed by atoms with van der Waals surface area (Å²) in [6.07, 6.45) is 1.17. The van der Waals surface area contributed by atoms with E-state index in [0.29, 0.717) is 51.3 Å². The molecule has 12 heteroatoms. The number of anilines is 2. The van der Waals surface area contributed by atoms with Crippen molar-refractivity contribution in [1.82, 2.24) is 9.88 Å². The number of aromatic hydroxyl groups is 1. The SMILES string of the molecule is CN(C)CCN(c1ccc(N=C(c2ccccc2)c2c(O)[nH]c3ccc(S(=O)(=O)Nc4ccccc4)cc23)cc1)S(C)(=O)=O. The maximum absolute atomic E-state index is 13.3. The van der Waals surface area contributed by atoms with Crippen LogP contribution in [0.2, 0.25) is 0 Å². The van der Waals surface area contributed by atoms with Gasteiger partial charge >= 0.3 is 0 Å². The van der Waals surface area contributed by atoms with Gasteiger partial charge in [0.05, 0.1) is 33.8 Å². The van der Waals surface area contributed by atoms with Gasteiger partial charge in [-0.3, -0.25) is 9.03 Å². The van der Waals surface area contributed by atoms with Crippen molar-refractivity contribution >= 4 is 53.7 Å². The number of hydrogen-bond donors (Lipinski definition) is 3. The van der Waals surface area contributed by atoms with Gasteiger partial charge in [0.25, 0.3) is 10.0 Å². The molecule has 5 rings (SSSR count). The maximum atomic E-state index is 13.3. The lowest BCUT2D eigenvalue weighted by Crippen LogP contribution is -2.35. The minimum absolute atomic E-state index is 0.0180. The third kappa shape index (κ3) is 6.94. The number of sulfonamides is 2. The Kier molecular flexibility index (Phi) is 8.77. The quantitative estimate of drug-likeness (QED) is 0.172. The fourth-order valence-corrected chi connectivity index (χ4v) is 6.75. The molecule has 0 amide bonds. The van der Waals surface area contributed by atoms with Crippen molar-refractivity contribution < 1.29 is 21.9 Å². The molecule has 0 unspecified atom stereocenters. The van der Waals surface area contributed by atoms with Crippen LogP contribution in [0.25, 0.3) is 10.9 Å². The molecular formula is C32H33N5O5S2. The van der Waals surface area contributed by atoms with Gasteiger partial charge in [-0.05, 0) is 68.7 Å².